The van der Waals surface area contributed by atoms with E-state index in [9.17, 15) is 4.79 Å². The monoisotopic (exact) mass is 529 g/mol. The first-order valence-corrected chi connectivity index (χ1v) is 15.7. The van der Waals surface area contributed by atoms with Crippen LogP contribution in [0.1, 0.15) is 112 Å². The van der Waals surface area contributed by atoms with E-state index in [4.69, 9.17) is 0 Å². The van der Waals surface area contributed by atoms with Crippen LogP contribution < -0.4 is 5.32 Å². The van der Waals surface area contributed by atoms with Crippen molar-refractivity contribution in [2.24, 2.45) is 0 Å². The molecular formula is C35H51N3O. The molecule has 4 unspecified atom stereocenters. The highest BCUT2D eigenvalue weighted by Crippen LogP contribution is 2.40. The van der Waals surface area contributed by atoms with Crippen LogP contribution in [-0.2, 0) is 6.42 Å². The Hall–Kier alpha value is -2.43. The van der Waals surface area contributed by atoms with Crippen LogP contribution in [0.4, 0.5) is 0 Å². The molecule has 0 radical (unpaired) electrons. The topological polar surface area (TPSA) is 35.6 Å². The van der Waals surface area contributed by atoms with Gasteiger partial charge in [0.2, 0.25) is 0 Å². The molecule has 4 nitrogen and oxygen atoms in total. The molecule has 4 heteroatoms. The summed E-state index contributed by atoms with van der Waals surface area (Å²) in [6.07, 6.45) is 13.6. The molecular weight excluding hydrogens is 478 g/mol. The van der Waals surface area contributed by atoms with Gasteiger partial charge in [0.25, 0.3) is 5.91 Å². The van der Waals surface area contributed by atoms with E-state index in [0.717, 1.165) is 63.7 Å². The van der Waals surface area contributed by atoms with Crippen LogP contribution in [0.25, 0.3) is 0 Å². The van der Waals surface area contributed by atoms with E-state index in [-0.39, 0.29) is 18.0 Å². The van der Waals surface area contributed by atoms with E-state index in [1.54, 1.807) is 0 Å². The lowest BCUT2D eigenvalue weighted by Crippen LogP contribution is -2.50. The van der Waals surface area contributed by atoms with Crippen molar-refractivity contribution in [2.45, 2.75) is 109 Å². The number of piperidine rings is 1. The predicted molar refractivity (Wildman–Crippen MR) is 164 cm³/mol. The molecule has 0 spiro atoms. The number of fused-ring (bicyclic) bond motifs is 2. The van der Waals surface area contributed by atoms with Gasteiger partial charge in [-0.25, -0.2) is 0 Å². The van der Waals surface area contributed by atoms with Gasteiger partial charge in [-0.2, -0.15) is 0 Å². The summed E-state index contributed by atoms with van der Waals surface area (Å²) in [7, 11) is 0. The molecule has 2 aliphatic heterocycles. The number of unbranched alkanes of at least 4 members (excludes halogenated alkanes) is 1. The third-order valence-corrected chi connectivity index (χ3v) is 8.89. The van der Waals surface area contributed by atoms with Crippen molar-refractivity contribution in [3.05, 3.63) is 83.4 Å². The van der Waals surface area contributed by atoms with Gasteiger partial charge in [0.05, 0.1) is 6.04 Å². The summed E-state index contributed by atoms with van der Waals surface area (Å²) in [5.41, 5.74) is 4.83. The number of carbonyl (C=O) groups excluding carboxylic acids is 1. The third-order valence-electron chi connectivity index (χ3n) is 8.89. The number of rotatable bonds is 13. The maximum atomic E-state index is 13.2. The SMILES string of the molecule is C=CCN1CCC2CCCC(C1)N2C(c1ccc(C(=O)NC(CCC)CCCC)cc1)c1cccc(CC)c1. The van der Waals surface area contributed by atoms with Gasteiger partial charge in [-0.05, 0) is 67.3 Å². The fraction of sp³-hybridized carbons (Fsp3) is 0.571. The lowest BCUT2D eigenvalue weighted by atomic mass is 9.87. The molecule has 2 aromatic carbocycles. The molecule has 2 fully saturated rings. The molecule has 1 amide bonds. The average molecular weight is 530 g/mol. The lowest BCUT2D eigenvalue weighted by molar-refractivity contribution is 0.0563. The number of nitrogens with one attached hydrogen (secondary N) is 1. The van der Waals surface area contributed by atoms with Gasteiger partial charge in [-0.1, -0.05) is 88.9 Å². The minimum absolute atomic E-state index is 0.0624. The van der Waals surface area contributed by atoms with Crippen molar-refractivity contribution in [1.29, 1.82) is 0 Å². The van der Waals surface area contributed by atoms with Crippen molar-refractivity contribution in [3.8, 4) is 0 Å². The normalized spacial score (nSPS) is 21.6. The molecule has 2 bridgehead atoms. The second-order valence-electron chi connectivity index (χ2n) is 11.7. The summed E-state index contributed by atoms with van der Waals surface area (Å²) < 4.78 is 0. The Morgan fingerprint density at radius 3 is 2.51 bits per heavy atom. The first-order chi connectivity index (χ1) is 19.1. The number of benzene rings is 2. The van der Waals surface area contributed by atoms with E-state index in [1.165, 1.54) is 42.4 Å². The van der Waals surface area contributed by atoms with Gasteiger partial charge in [0, 0.05) is 43.3 Å². The summed E-state index contributed by atoms with van der Waals surface area (Å²) in [4.78, 5) is 18.6. The zero-order chi connectivity index (χ0) is 27.6. The van der Waals surface area contributed by atoms with Gasteiger partial charge in [0.15, 0.2) is 0 Å². The molecule has 1 N–H and O–H groups in total. The molecule has 2 aromatic rings. The maximum absolute atomic E-state index is 13.2. The van der Waals surface area contributed by atoms with E-state index in [1.807, 2.05) is 0 Å². The smallest absolute Gasteiger partial charge is 0.251 e. The minimum Gasteiger partial charge on any atom is -0.349 e. The number of carbonyl (C=O) groups is 1. The molecule has 0 saturated carbocycles. The van der Waals surface area contributed by atoms with E-state index in [0.29, 0.717) is 12.1 Å². The summed E-state index contributed by atoms with van der Waals surface area (Å²) in [6, 6.07) is 19.3. The van der Waals surface area contributed by atoms with Crippen LogP contribution in [0.15, 0.2) is 61.2 Å². The van der Waals surface area contributed by atoms with Crippen molar-refractivity contribution >= 4 is 5.91 Å². The van der Waals surface area contributed by atoms with Crippen LogP contribution in [0.3, 0.4) is 0 Å². The highest BCUT2D eigenvalue weighted by Gasteiger charge is 2.39. The lowest BCUT2D eigenvalue weighted by Gasteiger charge is -2.46. The fourth-order valence-corrected chi connectivity index (χ4v) is 6.85. The molecule has 2 saturated heterocycles. The minimum atomic E-state index is 0.0624. The van der Waals surface area contributed by atoms with Gasteiger partial charge in [0.1, 0.15) is 0 Å². The summed E-state index contributed by atoms with van der Waals surface area (Å²) in [5.74, 6) is 0.0624. The molecule has 0 aliphatic carbocycles. The second-order valence-corrected chi connectivity index (χ2v) is 11.7. The van der Waals surface area contributed by atoms with Crippen molar-refractivity contribution in [2.75, 3.05) is 19.6 Å². The Kier molecular flexibility index (Phi) is 11.2. The largest absolute Gasteiger partial charge is 0.349 e. The molecule has 4 atom stereocenters. The number of amides is 1. The summed E-state index contributed by atoms with van der Waals surface area (Å²) in [5, 5.41) is 3.32. The van der Waals surface area contributed by atoms with E-state index in [2.05, 4.69) is 97.1 Å². The number of hydrogen-bond donors (Lipinski definition) is 1. The van der Waals surface area contributed by atoms with E-state index < -0.39 is 0 Å². The van der Waals surface area contributed by atoms with Crippen molar-refractivity contribution in [3.63, 3.8) is 0 Å². The average Bonchev–Trinajstić information content (AvgIpc) is 3.04. The van der Waals surface area contributed by atoms with Gasteiger partial charge in [-0.3, -0.25) is 14.6 Å². The maximum Gasteiger partial charge on any atom is 0.251 e. The molecule has 2 aliphatic rings. The second kappa shape index (κ2) is 14.8. The zero-order valence-corrected chi connectivity index (χ0v) is 24.7. The standard InChI is InChI=1S/C35H51N3O/c1-5-9-15-31(12-6-2)36-35(39)29-20-18-28(19-21-29)34(30-14-10-13-27(8-4)25-30)38-32-16-11-17-33(38)26-37(23-7-3)24-22-32/h7,10,13-14,18-21,25,31-34H,3,5-6,8-9,11-12,15-17,22-24,26H2,1-2,4H3,(H,36,39). The molecule has 39 heavy (non-hydrogen) atoms. The first kappa shape index (κ1) is 29.6. The molecule has 0 aromatic heterocycles. The third kappa shape index (κ3) is 7.61. The zero-order valence-electron chi connectivity index (χ0n) is 24.7. The van der Waals surface area contributed by atoms with Crippen LogP contribution in [0.5, 0.6) is 0 Å². The van der Waals surface area contributed by atoms with Crippen molar-refractivity contribution in [1.82, 2.24) is 15.1 Å². The predicted octanol–water partition coefficient (Wildman–Crippen LogP) is 7.54. The number of aryl methyl sites for hydroxylation is 1. The summed E-state index contributed by atoms with van der Waals surface area (Å²) in [6.45, 7) is 13.9. The Bertz CT molecular complexity index is 1050. The Balaban J connectivity index is 1.64. The Labute approximate surface area is 237 Å². The van der Waals surface area contributed by atoms with Gasteiger partial charge in [-0.15, -0.1) is 6.58 Å². The number of hydrogen-bond acceptors (Lipinski definition) is 3. The molecule has 2 heterocycles. The van der Waals surface area contributed by atoms with Gasteiger partial charge >= 0.3 is 0 Å². The molecule has 212 valence electrons. The van der Waals surface area contributed by atoms with Crippen LogP contribution in [0, 0.1) is 0 Å². The summed E-state index contributed by atoms with van der Waals surface area (Å²) >= 11 is 0. The Morgan fingerprint density at radius 2 is 1.79 bits per heavy atom. The first-order valence-electron chi connectivity index (χ1n) is 15.7. The highest BCUT2D eigenvalue weighted by molar-refractivity contribution is 5.94. The van der Waals surface area contributed by atoms with Crippen LogP contribution >= 0.6 is 0 Å². The highest BCUT2D eigenvalue weighted by atomic mass is 16.1. The van der Waals surface area contributed by atoms with Crippen molar-refractivity contribution < 1.29 is 4.79 Å². The van der Waals surface area contributed by atoms with E-state index >= 15 is 0 Å². The quantitative estimate of drug-likeness (QED) is 0.272. The van der Waals surface area contributed by atoms with Crippen LogP contribution in [-0.4, -0.2) is 53.5 Å². The van der Waals surface area contributed by atoms with Crippen LogP contribution in [0.2, 0.25) is 0 Å². The Morgan fingerprint density at radius 1 is 1.00 bits per heavy atom. The van der Waals surface area contributed by atoms with Gasteiger partial charge < -0.3 is 5.32 Å². The number of nitrogens with zero attached hydrogens (tertiary/aromatic N) is 2. The fourth-order valence-electron chi connectivity index (χ4n) is 6.85. The molecule has 4 rings (SSSR count).